The van der Waals surface area contributed by atoms with Crippen molar-refractivity contribution in [3.05, 3.63) is 63.4 Å². The van der Waals surface area contributed by atoms with E-state index in [4.69, 9.17) is 4.74 Å². The quantitative estimate of drug-likeness (QED) is 0.341. The number of carbonyl (C=O) groups is 2. The van der Waals surface area contributed by atoms with Crippen molar-refractivity contribution >= 4 is 23.0 Å². The second kappa shape index (κ2) is 11.2. The first kappa shape index (κ1) is 26.4. The molecule has 0 aliphatic carbocycles. The van der Waals surface area contributed by atoms with Crippen LogP contribution in [-0.4, -0.2) is 51.1 Å². The Hall–Kier alpha value is -3.65. The lowest BCUT2D eigenvalue weighted by molar-refractivity contribution is -0.142. The normalized spacial score (nSPS) is 14.2. The minimum atomic E-state index is -4.55. The number of carbonyl (C=O) groups excluding carboxylic acids is 2. The summed E-state index contributed by atoms with van der Waals surface area (Å²) in [5.74, 6) is 5.49. The number of benzene rings is 1. The van der Waals surface area contributed by atoms with Crippen LogP contribution >= 0.6 is 11.3 Å². The van der Waals surface area contributed by atoms with Gasteiger partial charge in [-0.1, -0.05) is 12.1 Å². The molecule has 0 saturated carbocycles. The van der Waals surface area contributed by atoms with Crippen molar-refractivity contribution in [3.8, 4) is 17.6 Å². The molecule has 2 aromatic heterocycles. The molecule has 3 aromatic rings. The van der Waals surface area contributed by atoms with Gasteiger partial charge in [0, 0.05) is 30.1 Å². The number of rotatable bonds is 6. The molecule has 0 spiro atoms. The first-order valence-corrected chi connectivity index (χ1v) is 12.7. The maximum Gasteiger partial charge on any atom is 0.435 e. The lowest BCUT2D eigenvalue weighted by atomic mass is 9.97. The fraction of sp³-hybridized carbons (Fsp3) is 0.385. The molecule has 7 nitrogen and oxygen atoms in total. The average molecular weight is 531 g/mol. The van der Waals surface area contributed by atoms with Crippen LogP contribution in [0, 0.1) is 18.8 Å². The summed E-state index contributed by atoms with van der Waals surface area (Å²) >= 11 is 1.46. The predicted octanol–water partition coefficient (Wildman–Crippen LogP) is 4.71. The number of likely N-dealkylation sites (tertiary alicyclic amines) is 1. The molecule has 1 aliphatic heterocycles. The number of nitrogens with zero attached hydrogens (tertiary/aromatic N) is 4. The fourth-order valence-corrected chi connectivity index (χ4v) is 4.99. The third-order valence-corrected chi connectivity index (χ3v) is 7.02. The van der Waals surface area contributed by atoms with Gasteiger partial charge in [0.1, 0.15) is 18.0 Å². The monoisotopic (exact) mass is 530 g/mol. The molecule has 11 heteroatoms. The van der Waals surface area contributed by atoms with Crippen LogP contribution in [0.3, 0.4) is 0 Å². The molecule has 194 valence electrons. The number of piperidine rings is 1. The summed E-state index contributed by atoms with van der Waals surface area (Å²) in [4.78, 5) is 31.4. The second-order valence-corrected chi connectivity index (χ2v) is 9.45. The predicted molar refractivity (Wildman–Crippen MR) is 131 cm³/mol. The zero-order valence-corrected chi connectivity index (χ0v) is 21.2. The van der Waals surface area contributed by atoms with E-state index in [1.165, 1.54) is 18.3 Å². The van der Waals surface area contributed by atoms with Crippen LogP contribution in [0.2, 0.25) is 0 Å². The Bertz CT molecular complexity index is 1340. The highest BCUT2D eigenvalue weighted by molar-refractivity contribution is 7.09. The number of para-hydroxylation sites is 1. The smallest absolute Gasteiger partial charge is 0.435 e. The van der Waals surface area contributed by atoms with E-state index in [0.29, 0.717) is 49.5 Å². The van der Waals surface area contributed by atoms with Gasteiger partial charge < -0.3 is 9.64 Å². The maximum atomic E-state index is 12.9. The van der Waals surface area contributed by atoms with Gasteiger partial charge in [-0.15, -0.1) is 11.3 Å². The van der Waals surface area contributed by atoms with Crippen molar-refractivity contribution < 1.29 is 27.5 Å². The third-order valence-electron chi connectivity index (χ3n) is 6.01. The van der Waals surface area contributed by atoms with Crippen molar-refractivity contribution in [2.24, 2.45) is 0 Å². The zero-order chi connectivity index (χ0) is 26.6. The molecule has 1 aromatic carbocycles. The Labute approximate surface area is 216 Å². The standard InChI is InChI=1S/C26H25F3N4O3S/c1-3-36-22-7-5-4-6-20(22)21(34)9-8-19-16-37-25(30-19)18-10-12-32(13-11-18)24(35)15-33-17(2)14-23(31-33)26(27,28)29/h4-7,14,16,18H,3,10-13,15H2,1-2H3. The fourth-order valence-electron chi connectivity index (χ4n) is 4.07. The Morgan fingerprint density at radius 1 is 1.22 bits per heavy atom. The van der Waals surface area contributed by atoms with E-state index in [1.807, 2.05) is 6.92 Å². The van der Waals surface area contributed by atoms with Crippen LogP contribution in [0.15, 0.2) is 35.7 Å². The molecule has 1 fully saturated rings. The molecular weight excluding hydrogens is 505 g/mol. The van der Waals surface area contributed by atoms with Gasteiger partial charge in [0.15, 0.2) is 5.69 Å². The average Bonchev–Trinajstić information content (AvgIpc) is 3.50. The number of ketones is 1. The van der Waals surface area contributed by atoms with Gasteiger partial charge in [0.05, 0.1) is 17.2 Å². The van der Waals surface area contributed by atoms with Crippen LogP contribution in [0.1, 0.15) is 58.1 Å². The van der Waals surface area contributed by atoms with Gasteiger partial charge in [-0.05, 0) is 56.7 Å². The second-order valence-electron chi connectivity index (χ2n) is 8.56. The lowest BCUT2D eigenvalue weighted by Gasteiger charge is -2.31. The minimum absolute atomic E-state index is 0.141. The van der Waals surface area contributed by atoms with Crippen molar-refractivity contribution in [3.63, 3.8) is 0 Å². The Morgan fingerprint density at radius 3 is 2.62 bits per heavy atom. The van der Waals surface area contributed by atoms with Crippen LogP contribution in [0.5, 0.6) is 5.75 Å². The number of alkyl halides is 3. The van der Waals surface area contributed by atoms with E-state index < -0.39 is 11.9 Å². The maximum absolute atomic E-state index is 12.9. The van der Waals surface area contributed by atoms with Gasteiger partial charge >= 0.3 is 6.18 Å². The molecule has 0 N–H and O–H groups in total. The van der Waals surface area contributed by atoms with Gasteiger partial charge in [-0.3, -0.25) is 14.3 Å². The van der Waals surface area contributed by atoms with Crippen molar-refractivity contribution in [2.75, 3.05) is 19.7 Å². The number of thiazole rings is 1. The molecule has 37 heavy (non-hydrogen) atoms. The summed E-state index contributed by atoms with van der Waals surface area (Å²) in [7, 11) is 0. The van der Waals surface area contributed by atoms with E-state index in [2.05, 4.69) is 21.9 Å². The lowest BCUT2D eigenvalue weighted by Crippen LogP contribution is -2.40. The first-order valence-electron chi connectivity index (χ1n) is 11.8. The largest absolute Gasteiger partial charge is 0.493 e. The highest BCUT2D eigenvalue weighted by atomic mass is 32.1. The Kier molecular flexibility index (Phi) is 7.97. The summed E-state index contributed by atoms with van der Waals surface area (Å²) in [5, 5.41) is 6.23. The van der Waals surface area contributed by atoms with Crippen LogP contribution in [0.25, 0.3) is 0 Å². The van der Waals surface area contributed by atoms with Crippen LogP contribution in [0.4, 0.5) is 13.2 Å². The molecule has 1 aliphatic rings. The van der Waals surface area contributed by atoms with E-state index >= 15 is 0 Å². The Morgan fingerprint density at radius 2 is 1.95 bits per heavy atom. The van der Waals surface area contributed by atoms with Crippen molar-refractivity contribution in [1.29, 1.82) is 0 Å². The summed E-state index contributed by atoms with van der Waals surface area (Å²) in [5.41, 5.74) is 0.200. The van der Waals surface area contributed by atoms with Crippen LogP contribution in [-0.2, 0) is 17.5 Å². The van der Waals surface area contributed by atoms with Gasteiger partial charge in [-0.2, -0.15) is 18.3 Å². The Balaban J connectivity index is 1.33. The molecule has 1 amide bonds. The number of amides is 1. The zero-order valence-electron chi connectivity index (χ0n) is 20.3. The number of hydrogen-bond donors (Lipinski definition) is 0. The van der Waals surface area contributed by atoms with Crippen LogP contribution < -0.4 is 4.74 Å². The number of aryl methyl sites for hydroxylation is 1. The van der Waals surface area contributed by atoms with E-state index in [9.17, 15) is 22.8 Å². The SMILES string of the molecule is CCOc1ccccc1C(=O)C#Cc1csc(C2CCN(C(=O)Cn3nc(C(F)(F)F)cc3C)CC2)n1. The van der Waals surface area contributed by atoms with Gasteiger partial charge in [0.2, 0.25) is 11.7 Å². The molecule has 1 saturated heterocycles. The van der Waals surface area contributed by atoms with E-state index in [0.717, 1.165) is 15.8 Å². The number of aromatic nitrogens is 3. The van der Waals surface area contributed by atoms with Crippen molar-refractivity contribution in [1.82, 2.24) is 19.7 Å². The van der Waals surface area contributed by atoms with Gasteiger partial charge in [-0.25, -0.2) is 4.98 Å². The topological polar surface area (TPSA) is 77.3 Å². The van der Waals surface area contributed by atoms with E-state index in [1.54, 1.807) is 34.5 Å². The number of Topliss-reactive ketones (excluding diaryl/α,β-unsaturated/α-hetero) is 1. The molecule has 0 radical (unpaired) electrons. The molecule has 0 bridgehead atoms. The summed E-state index contributed by atoms with van der Waals surface area (Å²) < 4.78 is 45.2. The first-order chi connectivity index (χ1) is 17.7. The van der Waals surface area contributed by atoms with Crippen molar-refractivity contribution in [2.45, 2.75) is 45.3 Å². The molecule has 0 unspecified atom stereocenters. The summed E-state index contributed by atoms with van der Waals surface area (Å²) in [6.45, 7) is 4.50. The molecule has 3 heterocycles. The number of halogens is 3. The number of ether oxygens (including phenoxy) is 1. The minimum Gasteiger partial charge on any atom is -0.493 e. The molecule has 0 atom stereocenters. The highest BCUT2D eigenvalue weighted by Crippen LogP contribution is 2.31. The summed E-state index contributed by atoms with van der Waals surface area (Å²) in [6.07, 6.45) is -3.19. The number of hydrogen-bond acceptors (Lipinski definition) is 6. The van der Waals surface area contributed by atoms with E-state index in [-0.39, 0.29) is 29.8 Å². The third kappa shape index (κ3) is 6.38. The van der Waals surface area contributed by atoms with Gasteiger partial charge in [0.25, 0.3) is 0 Å². The molecular formula is C26H25F3N4O3S. The highest BCUT2D eigenvalue weighted by Gasteiger charge is 2.35. The summed E-state index contributed by atoms with van der Waals surface area (Å²) in [6, 6.07) is 7.89. The molecule has 4 rings (SSSR count).